The second-order valence-electron chi connectivity index (χ2n) is 3.23. The fourth-order valence-corrected chi connectivity index (χ4v) is 2.43. The second kappa shape index (κ2) is 4.63. The van der Waals surface area contributed by atoms with Gasteiger partial charge in [-0.3, -0.25) is 0 Å². The van der Waals surface area contributed by atoms with Crippen molar-refractivity contribution < 1.29 is 14.3 Å². The molecule has 0 amide bonds. The zero-order valence-corrected chi connectivity index (χ0v) is 9.38. The summed E-state index contributed by atoms with van der Waals surface area (Å²) in [7, 11) is 1.41. The Morgan fingerprint density at radius 3 is 2.93 bits per heavy atom. The van der Waals surface area contributed by atoms with Gasteiger partial charge in [0.05, 0.1) is 26.0 Å². The largest absolute Gasteiger partial charge is 0.465 e. The first-order valence-corrected chi connectivity index (χ1v) is 5.69. The van der Waals surface area contributed by atoms with Crippen molar-refractivity contribution in [1.82, 2.24) is 0 Å². The summed E-state index contributed by atoms with van der Waals surface area (Å²) in [5.41, 5.74) is 0.968. The van der Waals surface area contributed by atoms with Crippen LogP contribution in [0.4, 0.5) is 5.69 Å². The van der Waals surface area contributed by atoms with Crippen LogP contribution < -0.4 is 4.90 Å². The van der Waals surface area contributed by atoms with Gasteiger partial charge in [-0.2, -0.15) is 0 Å². The first-order chi connectivity index (χ1) is 7.33. The Hall–Kier alpha value is -1.07. The average Bonchev–Trinajstić information content (AvgIpc) is 2.78. The molecule has 0 N–H and O–H groups in total. The van der Waals surface area contributed by atoms with Gasteiger partial charge in [-0.25, -0.2) is 4.79 Å². The van der Waals surface area contributed by atoms with E-state index in [0.717, 1.165) is 32.0 Å². The van der Waals surface area contributed by atoms with Gasteiger partial charge in [0.2, 0.25) is 0 Å². The van der Waals surface area contributed by atoms with Crippen LogP contribution in [-0.4, -0.2) is 39.4 Å². The third kappa shape index (κ3) is 2.13. The molecule has 1 saturated heterocycles. The highest BCUT2D eigenvalue weighted by Crippen LogP contribution is 2.27. The summed E-state index contributed by atoms with van der Waals surface area (Å²) in [4.78, 5) is 14.3. The van der Waals surface area contributed by atoms with E-state index in [1.165, 1.54) is 18.4 Å². The highest BCUT2D eigenvalue weighted by molar-refractivity contribution is 7.12. The van der Waals surface area contributed by atoms with E-state index in [0.29, 0.717) is 4.88 Å². The summed E-state index contributed by atoms with van der Waals surface area (Å²) in [6.07, 6.45) is 0. The number of hydrogen-bond acceptors (Lipinski definition) is 5. The summed E-state index contributed by atoms with van der Waals surface area (Å²) in [5.74, 6) is -0.258. The number of rotatable bonds is 2. The van der Waals surface area contributed by atoms with E-state index >= 15 is 0 Å². The normalized spacial score (nSPS) is 16.5. The summed E-state index contributed by atoms with van der Waals surface area (Å²) in [6.45, 7) is 3.11. The van der Waals surface area contributed by atoms with Crippen molar-refractivity contribution in [3.63, 3.8) is 0 Å². The average molecular weight is 227 g/mol. The molecule has 82 valence electrons. The summed E-state index contributed by atoms with van der Waals surface area (Å²) < 4.78 is 10.0. The quantitative estimate of drug-likeness (QED) is 0.715. The lowest BCUT2D eigenvalue weighted by atomic mass is 10.3. The molecule has 0 aliphatic carbocycles. The minimum Gasteiger partial charge on any atom is -0.465 e. The topological polar surface area (TPSA) is 38.8 Å². The highest BCUT2D eigenvalue weighted by atomic mass is 32.1. The lowest BCUT2D eigenvalue weighted by Crippen LogP contribution is -2.36. The Morgan fingerprint density at radius 1 is 1.53 bits per heavy atom. The first-order valence-electron chi connectivity index (χ1n) is 4.81. The van der Waals surface area contributed by atoms with E-state index in [2.05, 4.69) is 4.90 Å². The molecule has 1 aliphatic rings. The Balaban J connectivity index is 2.19. The van der Waals surface area contributed by atoms with E-state index < -0.39 is 0 Å². The van der Waals surface area contributed by atoms with Gasteiger partial charge >= 0.3 is 5.97 Å². The molecule has 0 aromatic carbocycles. The highest BCUT2D eigenvalue weighted by Gasteiger charge is 2.20. The lowest BCUT2D eigenvalue weighted by Gasteiger charge is -2.28. The number of thiophene rings is 1. The van der Waals surface area contributed by atoms with E-state index in [-0.39, 0.29) is 5.97 Å². The van der Waals surface area contributed by atoms with Gasteiger partial charge in [0, 0.05) is 13.1 Å². The Bertz CT molecular complexity index is 344. The second-order valence-corrected chi connectivity index (χ2v) is 4.14. The van der Waals surface area contributed by atoms with Gasteiger partial charge in [-0.1, -0.05) is 0 Å². The third-order valence-electron chi connectivity index (χ3n) is 2.37. The van der Waals surface area contributed by atoms with Gasteiger partial charge in [0.25, 0.3) is 0 Å². The zero-order chi connectivity index (χ0) is 10.7. The van der Waals surface area contributed by atoms with Crippen LogP contribution in [0.25, 0.3) is 0 Å². The number of ether oxygens (including phenoxy) is 2. The molecule has 1 aromatic heterocycles. The number of carbonyl (C=O) groups excluding carboxylic acids is 1. The molecule has 0 spiro atoms. The number of carbonyl (C=O) groups is 1. The van der Waals surface area contributed by atoms with Crippen LogP contribution in [0.1, 0.15) is 9.67 Å². The van der Waals surface area contributed by atoms with E-state index in [9.17, 15) is 4.79 Å². The minimum atomic E-state index is -0.258. The fraction of sp³-hybridized carbons (Fsp3) is 0.500. The molecule has 2 heterocycles. The standard InChI is InChI=1S/C10H13NO3S/c1-13-10(12)9-8(2-7-15-9)11-3-5-14-6-4-11/h2,7H,3-6H2,1H3. The molecule has 0 radical (unpaired) electrons. The molecule has 1 aromatic rings. The van der Waals surface area contributed by atoms with Crippen LogP contribution in [0.5, 0.6) is 0 Å². The molecule has 0 saturated carbocycles. The molecule has 5 heteroatoms. The predicted molar refractivity (Wildman–Crippen MR) is 58.7 cm³/mol. The van der Waals surface area contributed by atoms with Crippen molar-refractivity contribution in [3.8, 4) is 0 Å². The van der Waals surface area contributed by atoms with Crippen molar-refractivity contribution in [1.29, 1.82) is 0 Å². The molecule has 0 unspecified atom stereocenters. The molecule has 1 fully saturated rings. The van der Waals surface area contributed by atoms with Crippen LogP contribution in [0.3, 0.4) is 0 Å². The van der Waals surface area contributed by atoms with Crippen molar-refractivity contribution >= 4 is 23.0 Å². The van der Waals surface area contributed by atoms with Crippen LogP contribution in [0, 0.1) is 0 Å². The Labute approximate surface area is 92.4 Å². The number of morpholine rings is 1. The SMILES string of the molecule is COC(=O)c1sccc1N1CCOCC1. The molecule has 2 rings (SSSR count). The van der Waals surface area contributed by atoms with Crippen LogP contribution in [0.15, 0.2) is 11.4 Å². The molecular weight excluding hydrogens is 214 g/mol. The van der Waals surface area contributed by atoms with Crippen LogP contribution in [0.2, 0.25) is 0 Å². The third-order valence-corrected chi connectivity index (χ3v) is 3.25. The van der Waals surface area contributed by atoms with Gasteiger partial charge in [-0.05, 0) is 11.4 Å². The number of nitrogens with zero attached hydrogens (tertiary/aromatic N) is 1. The maximum absolute atomic E-state index is 11.5. The zero-order valence-electron chi connectivity index (χ0n) is 8.56. The van der Waals surface area contributed by atoms with E-state index in [1.807, 2.05) is 11.4 Å². The van der Waals surface area contributed by atoms with Crippen LogP contribution in [-0.2, 0) is 9.47 Å². The maximum atomic E-state index is 11.5. The van der Waals surface area contributed by atoms with E-state index in [4.69, 9.17) is 9.47 Å². The predicted octanol–water partition coefficient (Wildman–Crippen LogP) is 1.37. The summed E-state index contributed by atoms with van der Waals surface area (Å²) >= 11 is 1.42. The Morgan fingerprint density at radius 2 is 2.27 bits per heavy atom. The van der Waals surface area contributed by atoms with Gasteiger partial charge in [-0.15, -0.1) is 11.3 Å². The van der Waals surface area contributed by atoms with Gasteiger partial charge in [0.15, 0.2) is 0 Å². The van der Waals surface area contributed by atoms with Crippen molar-refractivity contribution in [3.05, 3.63) is 16.3 Å². The Kier molecular flexibility index (Phi) is 3.23. The molecule has 1 aliphatic heterocycles. The minimum absolute atomic E-state index is 0.258. The van der Waals surface area contributed by atoms with Crippen molar-refractivity contribution in [2.45, 2.75) is 0 Å². The van der Waals surface area contributed by atoms with Crippen LogP contribution >= 0.6 is 11.3 Å². The summed E-state index contributed by atoms with van der Waals surface area (Å²) in [5, 5.41) is 1.91. The number of hydrogen-bond donors (Lipinski definition) is 0. The number of methoxy groups -OCH3 is 1. The maximum Gasteiger partial charge on any atom is 0.350 e. The fourth-order valence-electron chi connectivity index (χ4n) is 1.60. The first kappa shape index (κ1) is 10.4. The molecule has 4 nitrogen and oxygen atoms in total. The van der Waals surface area contributed by atoms with Gasteiger partial charge in [0.1, 0.15) is 4.88 Å². The summed E-state index contributed by atoms with van der Waals surface area (Å²) in [6, 6.07) is 1.96. The molecule has 0 bridgehead atoms. The smallest absolute Gasteiger partial charge is 0.350 e. The lowest BCUT2D eigenvalue weighted by molar-refractivity contribution is 0.0606. The number of esters is 1. The monoisotopic (exact) mass is 227 g/mol. The molecule has 15 heavy (non-hydrogen) atoms. The van der Waals surface area contributed by atoms with Gasteiger partial charge < -0.3 is 14.4 Å². The van der Waals surface area contributed by atoms with Crippen molar-refractivity contribution in [2.24, 2.45) is 0 Å². The van der Waals surface area contributed by atoms with Crippen molar-refractivity contribution in [2.75, 3.05) is 38.3 Å². The number of anilines is 1. The molecule has 0 atom stereocenters. The molecular formula is C10H13NO3S. The van der Waals surface area contributed by atoms with E-state index in [1.54, 1.807) is 0 Å².